The standard InChI is InChI=1S/C11H13N3O2S/c1-7-8(17-14-13-7)9-12-11(10(15)16-9)5-3-2-4-6-11/h2-6H2,1H3. The molecule has 1 aliphatic heterocycles. The molecule has 1 fully saturated rings. The third-order valence-electron chi connectivity index (χ3n) is 3.41. The summed E-state index contributed by atoms with van der Waals surface area (Å²) < 4.78 is 9.17. The molecule has 0 saturated heterocycles. The number of hydrogen-bond acceptors (Lipinski definition) is 6. The number of rotatable bonds is 1. The molecule has 6 heteroatoms. The molecule has 0 N–H and O–H groups in total. The van der Waals surface area contributed by atoms with Crippen LogP contribution < -0.4 is 0 Å². The van der Waals surface area contributed by atoms with E-state index in [2.05, 4.69) is 14.6 Å². The van der Waals surface area contributed by atoms with Crippen LogP contribution in [0.1, 0.15) is 42.7 Å². The Morgan fingerprint density at radius 3 is 2.71 bits per heavy atom. The van der Waals surface area contributed by atoms with E-state index < -0.39 is 5.54 Å². The quantitative estimate of drug-likeness (QED) is 0.714. The summed E-state index contributed by atoms with van der Waals surface area (Å²) in [6.07, 6.45) is 4.89. The van der Waals surface area contributed by atoms with Crippen LogP contribution >= 0.6 is 11.5 Å². The van der Waals surface area contributed by atoms with Gasteiger partial charge in [0.25, 0.3) is 0 Å². The lowest BCUT2D eigenvalue weighted by Gasteiger charge is -2.25. The summed E-state index contributed by atoms with van der Waals surface area (Å²) in [7, 11) is 0. The summed E-state index contributed by atoms with van der Waals surface area (Å²) in [5, 5.41) is 3.92. The highest BCUT2D eigenvalue weighted by atomic mass is 32.1. The number of esters is 1. The third kappa shape index (κ3) is 1.67. The van der Waals surface area contributed by atoms with Crippen molar-refractivity contribution in [3.05, 3.63) is 10.6 Å². The second-order valence-corrected chi connectivity index (χ2v) is 5.34. The average molecular weight is 251 g/mol. The zero-order valence-corrected chi connectivity index (χ0v) is 10.4. The Labute approximate surface area is 103 Å². The van der Waals surface area contributed by atoms with Crippen molar-refractivity contribution in [3.63, 3.8) is 0 Å². The van der Waals surface area contributed by atoms with Crippen LogP contribution in [0.15, 0.2) is 4.99 Å². The van der Waals surface area contributed by atoms with Crippen molar-refractivity contribution < 1.29 is 9.53 Å². The molecule has 0 radical (unpaired) electrons. The Morgan fingerprint density at radius 1 is 1.29 bits per heavy atom. The molecule has 90 valence electrons. The number of nitrogens with zero attached hydrogens (tertiary/aromatic N) is 3. The lowest BCUT2D eigenvalue weighted by molar-refractivity contribution is -0.140. The van der Waals surface area contributed by atoms with E-state index in [1.165, 1.54) is 18.0 Å². The number of aromatic nitrogens is 2. The molecule has 5 nitrogen and oxygen atoms in total. The van der Waals surface area contributed by atoms with Gasteiger partial charge in [-0.15, -0.1) is 5.10 Å². The van der Waals surface area contributed by atoms with E-state index in [0.717, 1.165) is 36.3 Å². The minimum atomic E-state index is -0.607. The van der Waals surface area contributed by atoms with Crippen LogP contribution in [0.4, 0.5) is 0 Å². The Kier molecular flexibility index (Phi) is 2.47. The first-order valence-corrected chi connectivity index (χ1v) is 6.60. The smallest absolute Gasteiger partial charge is 0.340 e. The molecule has 0 unspecified atom stereocenters. The first-order valence-electron chi connectivity index (χ1n) is 5.83. The van der Waals surface area contributed by atoms with E-state index in [9.17, 15) is 4.79 Å². The largest absolute Gasteiger partial charge is 0.404 e. The van der Waals surface area contributed by atoms with Gasteiger partial charge in [-0.25, -0.2) is 9.79 Å². The summed E-state index contributed by atoms with van der Waals surface area (Å²) in [4.78, 5) is 17.3. The number of aliphatic imine (C=N–C) groups is 1. The zero-order chi connectivity index (χ0) is 11.9. The van der Waals surface area contributed by atoms with Crippen LogP contribution in [0, 0.1) is 6.92 Å². The number of hydrogen-bond donors (Lipinski definition) is 0. The van der Waals surface area contributed by atoms with Crippen molar-refractivity contribution in [2.24, 2.45) is 4.99 Å². The van der Waals surface area contributed by atoms with E-state index in [4.69, 9.17) is 4.74 Å². The highest BCUT2D eigenvalue weighted by molar-refractivity contribution is 7.08. The average Bonchev–Trinajstić information content (AvgIpc) is 2.86. The van der Waals surface area contributed by atoms with Gasteiger partial charge in [0, 0.05) is 0 Å². The Morgan fingerprint density at radius 2 is 2.06 bits per heavy atom. The highest BCUT2D eigenvalue weighted by Crippen LogP contribution is 2.37. The van der Waals surface area contributed by atoms with Crippen LogP contribution in [0.3, 0.4) is 0 Å². The van der Waals surface area contributed by atoms with Gasteiger partial charge in [-0.05, 0) is 31.3 Å². The van der Waals surface area contributed by atoms with Gasteiger partial charge < -0.3 is 4.74 Å². The normalized spacial score (nSPS) is 22.6. The van der Waals surface area contributed by atoms with Crippen molar-refractivity contribution >= 4 is 23.4 Å². The second-order valence-electron chi connectivity index (χ2n) is 4.59. The number of cyclic esters (lactones) is 1. The number of carbonyl (C=O) groups excluding carboxylic acids is 1. The van der Waals surface area contributed by atoms with Crippen molar-refractivity contribution in [1.82, 2.24) is 9.59 Å². The summed E-state index contributed by atoms with van der Waals surface area (Å²) in [5.74, 6) is 0.226. The molecule has 1 aromatic rings. The molecule has 1 saturated carbocycles. The van der Waals surface area contributed by atoms with Crippen LogP contribution in [-0.2, 0) is 9.53 Å². The van der Waals surface area contributed by atoms with Crippen molar-refractivity contribution in [2.45, 2.75) is 44.6 Å². The molecule has 0 atom stereocenters. The molecule has 0 aromatic carbocycles. The van der Waals surface area contributed by atoms with E-state index in [0.29, 0.717) is 5.90 Å². The topological polar surface area (TPSA) is 64.4 Å². The molecular formula is C11H13N3O2S. The molecule has 1 spiro atoms. The summed E-state index contributed by atoms with van der Waals surface area (Å²) in [6.45, 7) is 1.85. The maximum absolute atomic E-state index is 12.0. The molecule has 17 heavy (non-hydrogen) atoms. The second kappa shape index (κ2) is 3.87. The van der Waals surface area contributed by atoms with E-state index in [-0.39, 0.29) is 5.97 Å². The van der Waals surface area contributed by atoms with Gasteiger partial charge in [-0.3, -0.25) is 0 Å². The van der Waals surface area contributed by atoms with Crippen LogP contribution in [-0.4, -0.2) is 27.0 Å². The molecule has 0 bridgehead atoms. The third-order valence-corrected chi connectivity index (χ3v) is 4.23. The fourth-order valence-electron chi connectivity index (χ4n) is 2.42. The van der Waals surface area contributed by atoms with Crippen LogP contribution in [0.5, 0.6) is 0 Å². The van der Waals surface area contributed by atoms with Gasteiger partial charge in [0.1, 0.15) is 4.88 Å². The maximum atomic E-state index is 12.0. The molecule has 0 amide bonds. The monoisotopic (exact) mass is 251 g/mol. The summed E-state index contributed by atoms with van der Waals surface area (Å²) in [5.41, 5.74) is 0.165. The van der Waals surface area contributed by atoms with Crippen molar-refractivity contribution in [3.8, 4) is 0 Å². The minimum absolute atomic E-state index is 0.194. The summed E-state index contributed by atoms with van der Waals surface area (Å²) >= 11 is 1.23. The van der Waals surface area contributed by atoms with E-state index in [1.807, 2.05) is 6.92 Å². The van der Waals surface area contributed by atoms with Gasteiger partial charge in [0.05, 0.1) is 5.69 Å². The summed E-state index contributed by atoms with van der Waals surface area (Å²) in [6, 6.07) is 0. The zero-order valence-electron chi connectivity index (χ0n) is 9.60. The van der Waals surface area contributed by atoms with Crippen LogP contribution in [0.25, 0.3) is 0 Å². The van der Waals surface area contributed by atoms with Gasteiger partial charge in [-0.1, -0.05) is 23.8 Å². The van der Waals surface area contributed by atoms with Crippen LogP contribution in [0.2, 0.25) is 0 Å². The molecule has 2 heterocycles. The molecular weight excluding hydrogens is 238 g/mol. The van der Waals surface area contributed by atoms with Gasteiger partial charge in [0.15, 0.2) is 5.54 Å². The Hall–Kier alpha value is -1.30. The number of aryl methyl sites for hydroxylation is 1. The van der Waals surface area contributed by atoms with Gasteiger partial charge >= 0.3 is 5.97 Å². The molecule has 1 aliphatic carbocycles. The lowest BCUT2D eigenvalue weighted by Crippen LogP contribution is -2.35. The van der Waals surface area contributed by atoms with E-state index >= 15 is 0 Å². The number of carbonyl (C=O) groups is 1. The Bertz CT molecular complexity index is 489. The first-order chi connectivity index (χ1) is 8.21. The van der Waals surface area contributed by atoms with Gasteiger partial charge in [-0.2, -0.15) is 0 Å². The highest BCUT2D eigenvalue weighted by Gasteiger charge is 2.47. The van der Waals surface area contributed by atoms with E-state index in [1.54, 1.807) is 0 Å². The fraction of sp³-hybridized carbons (Fsp3) is 0.636. The van der Waals surface area contributed by atoms with Crippen molar-refractivity contribution in [1.29, 1.82) is 0 Å². The van der Waals surface area contributed by atoms with Crippen molar-refractivity contribution in [2.75, 3.05) is 0 Å². The van der Waals surface area contributed by atoms with Gasteiger partial charge in [0.2, 0.25) is 5.90 Å². The lowest BCUT2D eigenvalue weighted by atomic mass is 9.83. The Balaban J connectivity index is 1.96. The fourth-order valence-corrected chi connectivity index (χ4v) is 3.01. The molecule has 2 aliphatic rings. The SMILES string of the molecule is Cc1nnsc1C1=NC2(CCCCC2)C(=O)O1. The maximum Gasteiger partial charge on any atom is 0.340 e. The predicted molar refractivity (Wildman–Crippen MR) is 63.1 cm³/mol. The molecule has 3 rings (SSSR count). The predicted octanol–water partition coefficient (Wildman–Crippen LogP) is 1.85. The molecule has 1 aromatic heterocycles. The minimum Gasteiger partial charge on any atom is -0.404 e. The number of ether oxygens (including phenoxy) is 1. The first kappa shape index (κ1) is 10.8.